The van der Waals surface area contributed by atoms with Gasteiger partial charge in [-0.15, -0.1) is 0 Å². The lowest BCUT2D eigenvalue weighted by Crippen LogP contribution is -2.19. The third kappa shape index (κ3) is 4.33. The van der Waals surface area contributed by atoms with E-state index in [1.807, 2.05) is 13.0 Å². The summed E-state index contributed by atoms with van der Waals surface area (Å²) in [6.07, 6.45) is 0. The molecule has 2 rings (SSSR count). The van der Waals surface area contributed by atoms with E-state index >= 15 is 0 Å². The van der Waals surface area contributed by atoms with Crippen LogP contribution >= 0.6 is 0 Å². The lowest BCUT2D eigenvalue weighted by atomic mass is 10.1. The Kier molecular flexibility index (Phi) is 6.47. The number of ether oxygens (including phenoxy) is 4. The standard InChI is InChI=1S/C19H24FNO4/c1-12(15-9-14(20)6-7-16(15)22-2)21-11-13-8-18(24-4)19(25-5)10-17(13)23-3/h6-10,12,21H,11H2,1-5H3/t12-/m0/s1. The summed E-state index contributed by atoms with van der Waals surface area (Å²) >= 11 is 0. The average Bonchev–Trinajstić information content (AvgIpc) is 2.65. The van der Waals surface area contributed by atoms with Crippen LogP contribution in [0.25, 0.3) is 0 Å². The van der Waals surface area contributed by atoms with Crippen LogP contribution in [0.3, 0.4) is 0 Å². The van der Waals surface area contributed by atoms with E-state index in [1.165, 1.54) is 12.1 Å². The molecular formula is C19H24FNO4. The van der Waals surface area contributed by atoms with Gasteiger partial charge < -0.3 is 24.3 Å². The maximum absolute atomic E-state index is 13.6. The van der Waals surface area contributed by atoms with Crippen molar-refractivity contribution in [2.24, 2.45) is 0 Å². The van der Waals surface area contributed by atoms with E-state index in [9.17, 15) is 4.39 Å². The van der Waals surface area contributed by atoms with Gasteiger partial charge in [0.2, 0.25) is 0 Å². The molecule has 1 N–H and O–H groups in total. The molecule has 0 aromatic heterocycles. The minimum Gasteiger partial charge on any atom is -0.496 e. The smallest absolute Gasteiger partial charge is 0.164 e. The summed E-state index contributed by atoms with van der Waals surface area (Å²) in [5.74, 6) is 2.25. The Morgan fingerprint density at radius 3 is 2.04 bits per heavy atom. The first-order valence-corrected chi connectivity index (χ1v) is 7.89. The Labute approximate surface area is 147 Å². The summed E-state index contributed by atoms with van der Waals surface area (Å²) in [5.41, 5.74) is 1.66. The lowest BCUT2D eigenvalue weighted by molar-refractivity contribution is 0.346. The maximum atomic E-state index is 13.6. The predicted octanol–water partition coefficient (Wildman–Crippen LogP) is 3.71. The van der Waals surface area contributed by atoms with Gasteiger partial charge in [0.1, 0.15) is 17.3 Å². The molecule has 2 aromatic carbocycles. The van der Waals surface area contributed by atoms with Gasteiger partial charge in [-0.25, -0.2) is 4.39 Å². The Morgan fingerprint density at radius 1 is 0.840 bits per heavy atom. The fourth-order valence-corrected chi connectivity index (χ4v) is 2.65. The van der Waals surface area contributed by atoms with E-state index in [1.54, 1.807) is 40.6 Å². The van der Waals surface area contributed by atoms with Crippen LogP contribution in [-0.2, 0) is 6.54 Å². The van der Waals surface area contributed by atoms with Crippen LogP contribution in [-0.4, -0.2) is 28.4 Å². The van der Waals surface area contributed by atoms with E-state index in [0.717, 1.165) is 11.1 Å². The largest absolute Gasteiger partial charge is 0.496 e. The molecule has 25 heavy (non-hydrogen) atoms. The SMILES string of the molecule is COc1cc(OC)c(OC)cc1CN[C@@H](C)c1cc(F)ccc1OC. The zero-order valence-corrected chi connectivity index (χ0v) is 15.2. The highest BCUT2D eigenvalue weighted by atomic mass is 19.1. The second-order valence-corrected chi connectivity index (χ2v) is 5.51. The first-order chi connectivity index (χ1) is 12.0. The summed E-state index contributed by atoms with van der Waals surface area (Å²) in [6.45, 7) is 2.45. The van der Waals surface area contributed by atoms with E-state index in [-0.39, 0.29) is 11.9 Å². The van der Waals surface area contributed by atoms with E-state index in [0.29, 0.717) is 29.5 Å². The number of methoxy groups -OCH3 is 4. The van der Waals surface area contributed by atoms with Crippen molar-refractivity contribution in [3.05, 3.63) is 47.3 Å². The first kappa shape index (κ1) is 18.9. The van der Waals surface area contributed by atoms with Gasteiger partial charge in [-0.05, 0) is 31.2 Å². The molecule has 1 atom stereocenters. The van der Waals surface area contributed by atoms with E-state index in [2.05, 4.69) is 5.32 Å². The highest BCUT2D eigenvalue weighted by Gasteiger charge is 2.15. The van der Waals surface area contributed by atoms with Crippen molar-refractivity contribution in [1.82, 2.24) is 5.32 Å². The van der Waals surface area contributed by atoms with Crippen LogP contribution in [0.4, 0.5) is 4.39 Å². The molecule has 0 unspecified atom stereocenters. The molecule has 2 aromatic rings. The third-order valence-corrected chi connectivity index (χ3v) is 4.04. The van der Waals surface area contributed by atoms with Crippen molar-refractivity contribution in [3.63, 3.8) is 0 Å². The Morgan fingerprint density at radius 2 is 1.44 bits per heavy atom. The molecule has 0 saturated heterocycles. The molecule has 0 spiro atoms. The van der Waals surface area contributed by atoms with Crippen LogP contribution in [0.15, 0.2) is 30.3 Å². The third-order valence-electron chi connectivity index (χ3n) is 4.04. The maximum Gasteiger partial charge on any atom is 0.164 e. The summed E-state index contributed by atoms with van der Waals surface area (Å²) in [5, 5.41) is 3.36. The van der Waals surface area contributed by atoms with Gasteiger partial charge >= 0.3 is 0 Å². The predicted molar refractivity (Wildman–Crippen MR) is 94.3 cm³/mol. The number of hydrogen-bond donors (Lipinski definition) is 1. The zero-order valence-electron chi connectivity index (χ0n) is 15.2. The molecule has 136 valence electrons. The topological polar surface area (TPSA) is 49.0 Å². The van der Waals surface area contributed by atoms with Gasteiger partial charge in [0.25, 0.3) is 0 Å². The van der Waals surface area contributed by atoms with Crippen LogP contribution in [0.5, 0.6) is 23.0 Å². The van der Waals surface area contributed by atoms with Gasteiger partial charge in [0.05, 0.1) is 28.4 Å². The van der Waals surface area contributed by atoms with Crippen LogP contribution in [0.2, 0.25) is 0 Å². The second kappa shape index (κ2) is 8.58. The summed E-state index contributed by atoms with van der Waals surface area (Å²) < 4.78 is 35.0. The van der Waals surface area contributed by atoms with Gasteiger partial charge in [0.15, 0.2) is 11.5 Å². The van der Waals surface area contributed by atoms with E-state index < -0.39 is 0 Å². The number of nitrogens with one attached hydrogen (secondary N) is 1. The molecule has 5 nitrogen and oxygen atoms in total. The highest BCUT2D eigenvalue weighted by molar-refractivity contribution is 5.50. The fraction of sp³-hybridized carbons (Fsp3) is 0.368. The molecule has 0 radical (unpaired) electrons. The first-order valence-electron chi connectivity index (χ1n) is 7.89. The lowest BCUT2D eigenvalue weighted by Gasteiger charge is -2.19. The summed E-state index contributed by atoms with van der Waals surface area (Å²) in [6, 6.07) is 8.00. The van der Waals surface area contributed by atoms with Crippen molar-refractivity contribution in [2.75, 3.05) is 28.4 Å². The van der Waals surface area contributed by atoms with Crippen molar-refractivity contribution >= 4 is 0 Å². The quantitative estimate of drug-likeness (QED) is 0.787. The molecular weight excluding hydrogens is 325 g/mol. The minimum atomic E-state index is -0.298. The Bertz CT molecular complexity index is 721. The van der Waals surface area contributed by atoms with Crippen LogP contribution < -0.4 is 24.3 Å². The summed E-state index contributed by atoms with van der Waals surface area (Å²) in [7, 11) is 6.33. The van der Waals surface area contributed by atoms with Crippen molar-refractivity contribution in [3.8, 4) is 23.0 Å². The normalized spacial score (nSPS) is 11.8. The van der Waals surface area contributed by atoms with Gasteiger partial charge in [-0.3, -0.25) is 0 Å². The Hall–Kier alpha value is -2.47. The number of rotatable bonds is 8. The fourth-order valence-electron chi connectivity index (χ4n) is 2.65. The van der Waals surface area contributed by atoms with Crippen molar-refractivity contribution in [2.45, 2.75) is 19.5 Å². The zero-order chi connectivity index (χ0) is 18.4. The Balaban J connectivity index is 2.22. The molecule has 0 saturated carbocycles. The minimum absolute atomic E-state index is 0.122. The highest BCUT2D eigenvalue weighted by Crippen LogP contribution is 2.35. The molecule has 0 bridgehead atoms. The molecule has 0 aliphatic rings. The van der Waals surface area contributed by atoms with Crippen LogP contribution in [0, 0.1) is 5.82 Å². The number of hydrogen-bond acceptors (Lipinski definition) is 5. The molecule has 0 aliphatic carbocycles. The second-order valence-electron chi connectivity index (χ2n) is 5.51. The van der Waals surface area contributed by atoms with E-state index in [4.69, 9.17) is 18.9 Å². The van der Waals surface area contributed by atoms with Crippen LogP contribution in [0.1, 0.15) is 24.1 Å². The van der Waals surface area contributed by atoms with Crippen molar-refractivity contribution in [1.29, 1.82) is 0 Å². The average molecular weight is 349 g/mol. The molecule has 0 amide bonds. The number of benzene rings is 2. The molecule has 6 heteroatoms. The monoisotopic (exact) mass is 349 g/mol. The van der Waals surface area contributed by atoms with Gasteiger partial charge in [0, 0.05) is 29.8 Å². The molecule has 0 aliphatic heterocycles. The van der Waals surface area contributed by atoms with Gasteiger partial charge in [-0.2, -0.15) is 0 Å². The number of halogens is 1. The summed E-state index contributed by atoms with van der Waals surface area (Å²) in [4.78, 5) is 0. The van der Waals surface area contributed by atoms with Gasteiger partial charge in [-0.1, -0.05) is 0 Å². The molecule has 0 heterocycles. The van der Waals surface area contributed by atoms with Crippen molar-refractivity contribution < 1.29 is 23.3 Å². The molecule has 0 fully saturated rings.